The molecule has 0 bridgehead atoms. The van der Waals surface area contributed by atoms with Gasteiger partial charge in [-0.1, -0.05) is 23.7 Å². The SMILES string of the molecule is CC(C)Nc1cccc(CNS(=O)(=O)c2ccc(Cl)cc2F)c1. The second kappa shape index (κ2) is 7.29. The highest BCUT2D eigenvalue weighted by atomic mass is 35.5. The van der Waals surface area contributed by atoms with Crippen LogP contribution in [0.15, 0.2) is 47.4 Å². The number of nitrogens with one attached hydrogen (secondary N) is 2. The van der Waals surface area contributed by atoms with Gasteiger partial charge in [0, 0.05) is 23.3 Å². The van der Waals surface area contributed by atoms with E-state index in [-0.39, 0.29) is 17.6 Å². The fraction of sp³-hybridized carbons (Fsp3) is 0.250. The van der Waals surface area contributed by atoms with Gasteiger partial charge in [0.25, 0.3) is 0 Å². The van der Waals surface area contributed by atoms with E-state index in [9.17, 15) is 12.8 Å². The van der Waals surface area contributed by atoms with Crippen LogP contribution < -0.4 is 10.0 Å². The first-order valence-corrected chi connectivity index (χ1v) is 8.94. The molecule has 7 heteroatoms. The molecule has 0 fully saturated rings. The first-order valence-electron chi connectivity index (χ1n) is 7.08. The molecule has 0 atom stereocenters. The summed E-state index contributed by atoms with van der Waals surface area (Å²) in [5.41, 5.74) is 1.67. The Balaban J connectivity index is 2.13. The van der Waals surface area contributed by atoms with E-state index in [4.69, 9.17) is 11.6 Å². The topological polar surface area (TPSA) is 58.2 Å². The van der Waals surface area contributed by atoms with Crippen molar-refractivity contribution in [3.8, 4) is 0 Å². The summed E-state index contributed by atoms with van der Waals surface area (Å²) < 4.78 is 40.5. The molecule has 0 aromatic heterocycles. The van der Waals surface area contributed by atoms with Gasteiger partial charge in [0.2, 0.25) is 10.0 Å². The van der Waals surface area contributed by atoms with Gasteiger partial charge in [-0.3, -0.25) is 0 Å². The van der Waals surface area contributed by atoms with E-state index >= 15 is 0 Å². The zero-order valence-electron chi connectivity index (χ0n) is 12.8. The third-order valence-corrected chi connectivity index (χ3v) is 4.70. The Hall–Kier alpha value is -1.63. The predicted molar refractivity (Wildman–Crippen MR) is 90.6 cm³/mol. The van der Waals surface area contributed by atoms with Gasteiger partial charge in [0.1, 0.15) is 10.7 Å². The summed E-state index contributed by atoms with van der Waals surface area (Å²) in [6, 6.07) is 11.1. The normalized spacial score (nSPS) is 11.7. The standard InChI is InChI=1S/C16H18ClFN2O2S/c1-11(2)20-14-5-3-4-12(8-14)10-19-23(21,22)16-7-6-13(17)9-15(16)18/h3-9,11,19-20H,10H2,1-2H3. The number of hydrogen-bond donors (Lipinski definition) is 2. The van der Waals surface area contributed by atoms with Crippen LogP contribution in [0.5, 0.6) is 0 Å². The molecule has 0 aliphatic heterocycles. The van der Waals surface area contributed by atoms with Gasteiger partial charge in [-0.2, -0.15) is 0 Å². The summed E-state index contributed by atoms with van der Waals surface area (Å²) in [6.45, 7) is 4.09. The van der Waals surface area contributed by atoms with E-state index in [1.165, 1.54) is 6.07 Å². The molecule has 0 unspecified atom stereocenters. The third-order valence-electron chi connectivity index (χ3n) is 3.03. The molecule has 0 saturated heterocycles. The fourth-order valence-electron chi connectivity index (χ4n) is 2.05. The van der Waals surface area contributed by atoms with Gasteiger partial charge >= 0.3 is 0 Å². The molecule has 2 aromatic rings. The van der Waals surface area contributed by atoms with Crippen molar-refractivity contribution in [1.82, 2.24) is 4.72 Å². The Morgan fingerprint density at radius 3 is 2.57 bits per heavy atom. The highest BCUT2D eigenvalue weighted by molar-refractivity contribution is 7.89. The Morgan fingerprint density at radius 1 is 1.17 bits per heavy atom. The van der Waals surface area contributed by atoms with E-state index in [0.717, 1.165) is 23.4 Å². The van der Waals surface area contributed by atoms with E-state index in [2.05, 4.69) is 10.0 Å². The van der Waals surface area contributed by atoms with Gasteiger partial charge in [0.15, 0.2) is 0 Å². The third kappa shape index (κ3) is 4.92. The largest absolute Gasteiger partial charge is 0.383 e. The number of rotatable bonds is 6. The van der Waals surface area contributed by atoms with Gasteiger partial charge in [-0.25, -0.2) is 17.5 Å². The molecule has 0 radical (unpaired) electrons. The van der Waals surface area contributed by atoms with E-state index < -0.39 is 20.7 Å². The summed E-state index contributed by atoms with van der Waals surface area (Å²) >= 11 is 5.64. The van der Waals surface area contributed by atoms with Crippen molar-refractivity contribution >= 4 is 27.3 Å². The maximum absolute atomic E-state index is 13.8. The van der Waals surface area contributed by atoms with Crippen molar-refractivity contribution in [1.29, 1.82) is 0 Å². The zero-order chi connectivity index (χ0) is 17.0. The second-order valence-corrected chi connectivity index (χ2v) is 7.57. The predicted octanol–water partition coefficient (Wildman–Crippen LogP) is 3.78. The molecule has 2 aromatic carbocycles. The van der Waals surface area contributed by atoms with Crippen LogP contribution in [-0.2, 0) is 16.6 Å². The number of hydrogen-bond acceptors (Lipinski definition) is 3. The lowest BCUT2D eigenvalue weighted by Crippen LogP contribution is -2.24. The van der Waals surface area contributed by atoms with Crippen LogP contribution in [0.4, 0.5) is 10.1 Å². The highest BCUT2D eigenvalue weighted by Crippen LogP contribution is 2.19. The van der Waals surface area contributed by atoms with Crippen LogP contribution >= 0.6 is 11.6 Å². The Bertz CT molecular complexity index is 794. The maximum Gasteiger partial charge on any atom is 0.243 e. The van der Waals surface area contributed by atoms with E-state index in [1.807, 2.05) is 32.0 Å². The van der Waals surface area contributed by atoms with Gasteiger partial charge < -0.3 is 5.32 Å². The van der Waals surface area contributed by atoms with Crippen LogP contribution in [0.3, 0.4) is 0 Å². The molecule has 0 aliphatic rings. The highest BCUT2D eigenvalue weighted by Gasteiger charge is 2.18. The first kappa shape index (κ1) is 17.7. The number of halogens is 2. The van der Waals surface area contributed by atoms with Crippen LogP contribution in [0.25, 0.3) is 0 Å². The number of benzene rings is 2. The minimum atomic E-state index is -3.95. The molecular formula is C16H18ClFN2O2S. The monoisotopic (exact) mass is 356 g/mol. The Kier molecular flexibility index (Phi) is 5.62. The van der Waals surface area contributed by atoms with Crippen molar-refractivity contribution < 1.29 is 12.8 Å². The molecule has 0 saturated carbocycles. The molecule has 0 heterocycles. The molecule has 2 N–H and O–H groups in total. The number of anilines is 1. The quantitative estimate of drug-likeness (QED) is 0.828. The van der Waals surface area contributed by atoms with Crippen molar-refractivity contribution in [2.24, 2.45) is 0 Å². The van der Waals surface area contributed by atoms with Crippen LogP contribution in [0.2, 0.25) is 5.02 Å². The Labute approximate surface area is 140 Å². The van der Waals surface area contributed by atoms with Crippen LogP contribution in [-0.4, -0.2) is 14.5 Å². The average Bonchev–Trinajstić information content (AvgIpc) is 2.44. The maximum atomic E-state index is 13.8. The lowest BCUT2D eigenvalue weighted by atomic mass is 10.2. The van der Waals surface area contributed by atoms with Crippen LogP contribution in [0, 0.1) is 5.82 Å². The molecule has 0 aliphatic carbocycles. The van der Waals surface area contributed by atoms with Gasteiger partial charge in [-0.05, 0) is 49.7 Å². The molecule has 0 amide bonds. The molecule has 4 nitrogen and oxygen atoms in total. The summed E-state index contributed by atoms with van der Waals surface area (Å²) in [4.78, 5) is -0.418. The summed E-state index contributed by atoms with van der Waals surface area (Å²) in [5.74, 6) is -0.875. The second-order valence-electron chi connectivity index (χ2n) is 5.40. The zero-order valence-corrected chi connectivity index (χ0v) is 14.4. The minimum absolute atomic E-state index is 0.0675. The van der Waals surface area contributed by atoms with Crippen molar-refractivity contribution in [2.45, 2.75) is 31.3 Å². The van der Waals surface area contributed by atoms with E-state index in [0.29, 0.717) is 0 Å². The molecule has 124 valence electrons. The summed E-state index contributed by atoms with van der Waals surface area (Å²) in [7, 11) is -3.95. The van der Waals surface area contributed by atoms with Crippen molar-refractivity contribution in [3.05, 3.63) is 58.9 Å². The lowest BCUT2D eigenvalue weighted by Gasteiger charge is -2.12. The average molecular weight is 357 g/mol. The molecular weight excluding hydrogens is 339 g/mol. The smallest absolute Gasteiger partial charge is 0.243 e. The van der Waals surface area contributed by atoms with Crippen molar-refractivity contribution in [2.75, 3.05) is 5.32 Å². The molecule has 23 heavy (non-hydrogen) atoms. The summed E-state index contributed by atoms with van der Waals surface area (Å²) in [5, 5.41) is 3.38. The summed E-state index contributed by atoms with van der Waals surface area (Å²) in [6.07, 6.45) is 0. The van der Waals surface area contributed by atoms with Crippen LogP contribution in [0.1, 0.15) is 19.4 Å². The number of sulfonamides is 1. The van der Waals surface area contributed by atoms with Gasteiger partial charge in [-0.15, -0.1) is 0 Å². The molecule has 2 rings (SSSR count). The van der Waals surface area contributed by atoms with Crippen molar-refractivity contribution in [3.63, 3.8) is 0 Å². The first-order chi connectivity index (χ1) is 10.8. The van der Waals surface area contributed by atoms with Gasteiger partial charge in [0.05, 0.1) is 0 Å². The minimum Gasteiger partial charge on any atom is -0.383 e. The molecule has 0 spiro atoms. The fourth-order valence-corrected chi connectivity index (χ4v) is 3.29. The van der Waals surface area contributed by atoms with E-state index in [1.54, 1.807) is 6.07 Å². The Morgan fingerprint density at radius 2 is 1.91 bits per heavy atom. The lowest BCUT2D eigenvalue weighted by molar-refractivity contribution is 0.557.